The van der Waals surface area contributed by atoms with Crippen LogP contribution < -0.4 is 5.32 Å². The molecule has 0 spiro atoms. The highest BCUT2D eigenvalue weighted by Gasteiger charge is 2.48. The highest BCUT2D eigenvalue weighted by atomic mass is 17.2. The van der Waals surface area contributed by atoms with Crippen LogP contribution in [0.4, 0.5) is 0 Å². The Balaban J connectivity index is 1.84. The van der Waals surface area contributed by atoms with Gasteiger partial charge in [-0.25, -0.2) is 14.8 Å². The molecule has 6 heteroatoms. The Morgan fingerprint density at radius 1 is 1.33 bits per heavy atom. The van der Waals surface area contributed by atoms with Gasteiger partial charge in [-0.3, -0.25) is 0 Å². The molecule has 0 amide bonds. The van der Waals surface area contributed by atoms with Gasteiger partial charge < -0.3 is 14.6 Å². The maximum atomic E-state index is 5.80. The topological polar surface area (TPSA) is 57.5 Å². The third kappa shape index (κ3) is 5.28. The van der Waals surface area contributed by atoms with Crippen molar-refractivity contribution in [3.05, 3.63) is 18.7 Å². The Labute approximate surface area is 145 Å². The zero-order valence-corrected chi connectivity index (χ0v) is 15.6. The minimum atomic E-state index is -0.636. The molecule has 24 heavy (non-hydrogen) atoms. The molecular weight excluding hydrogens is 306 g/mol. The fraction of sp³-hybridized carbons (Fsp3) is 0.833. The summed E-state index contributed by atoms with van der Waals surface area (Å²) in [5.74, 6) is -0.367. The predicted octanol–water partition coefficient (Wildman–Crippen LogP) is 3.14. The van der Waals surface area contributed by atoms with Crippen LogP contribution in [0.5, 0.6) is 0 Å². The van der Waals surface area contributed by atoms with E-state index in [-0.39, 0.29) is 11.5 Å². The van der Waals surface area contributed by atoms with Gasteiger partial charge in [0.25, 0.3) is 0 Å². The van der Waals surface area contributed by atoms with Crippen molar-refractivity contribution in [2.24, 2.45) is 5.92 Å². The molecule has 1 N–H and O–H groups in total. The summed E-state index contributed by atoms with van der Waals surface area (Å²) in [6.07, 6.45) is 10.7. The molecule has 1 aliphatic heterocycles. The lowest BCUT2D eigenvalue weighted by atomic mass is 9.83. The molecule has 0 aromatic carbocycles. The molecule has 0 radical (unpaired) electrons. The van der Waals surface area contributed by atoms with E-state index in [4.69, 9.17) is 14.5 Å². The van der Waals surface area contributed by atoms with Crippen molar-refractivity contribution in [1.82, 2.24) is 14.9 Å². The second-order valence-electron chi connectivity index (χ2n) is 7.31. The average Bonchev–Trinajstić information content (AvgIpc) is 3.07. The highest BCUT2D eigenvalue weighted by Crippen LogP contribution is 2.41. The summed E-state index contributed by atoms with van der Waals surface area (Å²) in [5.41, 5.74) is -0.280. The number of ether oxygens (including phenoxy) is 1. The Morgan fingerprint density at radius 2 is 2.17 bits per heavy atom. The van der Waals surface area contributed by atoms with Gasteiger partial charge in [0.1, 0.15) is 0 Å². The molecule has 1 aromatic rings. The molecular formula is C18H33N3O3. The van der Waals surface area contributed by atoms with Gasteiger partial charge in [-0.05, 0) is 39.7 Å². The maximum absolute atomic E-state index is 5.80. The van der Waals surface area contributed by atoms with E-state index < -0.39 is 5.79 Å². The zero-order chi connectivity index (χ0) is 17.5. The molecule has 2 atom stereocenters. The van der Waals surface area contributed by atoms with Crippen LogP contribution in [-0.2, 0) is 21.1 Å². The number of methoxy groups -OCH3 is 1. The number of imidazole rings is 1. The predicted molar refractivity (Wildman–Crippen MR) is 93.3 cm³/mol. The van der Waals surface area contributed by atoms with E-state index in [1.165, 1.54) is 0 Å². The van der Waals surface area contributed by atoms with Crippen LogP contribution in [0.15, 0.2) is 18.7 Å². The molecule has 2 rings (SSSR count). The summed E-state index contributed by atoms with van der Waals surface area (Å²) in [5, 5.41) is 3.57. The largest absolute Gasteiger partial charge is 0.350 e. The van der Waals surface area contributed by atoms with Gasteiger partial charge in [0.05, 0.1) is 11.9 Å². The van der Waals surface area contributed by atoms with Crippen LogP contribution in [0.3, 0.4) is 0 Å². The number of nitrogens with zero attached hydrogens (tertiary/aromatic N) is 2. The molecule has 0 unspecified atom stereocenters. The Kier molecular flexibility index (Phi) is 7.22. The van der Waals surface area contributed by atoms with E-state index in [1.54, 1.807) is 7.11 Å². The number of nitrogens with one attached hydrogen (secondary N) is 1. The van der Waals surface area contributed by atoms with Crippen LogP contribution in [0.2, 0.25) is 0 Å². The summed E-state index contributed by atoms with van der Waals surface area (Å²) < 4.78 is 7.90. The van der Waals surface area contributed by atoms with Gasteiger partial charge >= 0.3 is 0 Å². The second kappa shape index (κ2) is 8.94. The summed E-state index contributed by atoms with van der Waals surface area (Å²) >= 11 is 0. The van der Waals surface area contributed by atoms with Crippen LogP contribution in [-0.4, -0.2) is 41.1 Å². The van der Waals surface area contributed by atoms with Crippen molar-refractivity contribution in [1.29, 1.82) is 0 Å². The van der Waals surface area contributed by atoms with Crippen molar-refractivity contribution in [2.45, 2.75) is 70.8 Å². The summed E-state index contributed by atoms with van der Waals surface area (Å²) in [7, 11) is 1.73. The van der Waals surface area contributed by atoms with E-state index in [2.05, 4.69) is 35.6 Å². The molecule has 2 heterocycles. The number of unbranched alkanes of at least 4 members (excludes halogenated alkanes) is 1. The van der Waals surface area contributed by atoms with Gasteiger partial charge in [0.15, 0.2) is 0 Å². The third-order valence-electron chi connectivity index (χ3n) is 4.71. The number of aryl methyl sites for hydroxylation is 1. The Morgan fingerprint density at radius 3 is 2.83 bits per heavy atom. The molecule has 0 bridgehead atoms. The fourth-order valence-electron chi connectivity index (χ4n) is 3.32. The van der Waals surface area contributed by atoms with Gasteiger partial charge in [-0.15, -0.1) is 0 Å². The average molecular weight is 339 g/mol. The molecule has 0 aliphatic carbocycles. The van der Waals surface area contributed by atoms with E-state index in [9.17, 15) is 0 Å². The number of rotatable bonds is 10. The van der Waals surface area contributed by atoms with Crippen molar-refractivity contribution < 1.29 is 14.5 Å². The number of aromatic nitrogens is 2. The summed E-state index contributed by atoms with van der Waals surface area (Å²) in [6, 6.07) is 0. The fourth-order valence-corrected chi connectivity index (χ4v) is 3.32. The monoisotopic (exact) mass is 339 g/mol. The normalized spacial score (nSPS) is 26.6. The van der Waals surface area contributed by atoms with Gasteiger partial charge in [0, 0.05) is 44.9 Å². The first-order chi connectivity index (χ1) is 11.5. The second-order valence-corrected chi connectivity index (χ2v) is 7.31. The van der Waals surface area contributed by atoms with Gasteiger partial charge in [-0.2, -0.15) is 0 Å². The standard InChI is InChI=1S/C18H33N3O3/c1-5-6-8-18(22-4)16(13-17(2,3)23-24-18)14-19-9-7-11-21-12-10-20-15-21/h10,12,15-16,19H,5-9,11,13-14H2,1-4H3/t16-,18-/m0/s1. The smallest absolute Gasteiger partial charge is 0.205 e. The Hall–Kier alpha value is -0.950. The van der Waals surface area contributed by atoms with Crippen LogP contribution in [0.25, 0.3) is 0 Å². The zero-order valence-electron chi connectivity index (χ0n) is 15.6. The van der Waals surface area contributed by atoms with Crippen molar-refractivity contribution >= 4 is 0 Å². The number of hydrogen-bond acceptors (Lipinski definition) is 5. The third-order valence-corrected chi connectivity index (χ3v) is 4.71. The maximum Gasteiger partial charge on any atom is 0.205 e. The van der Waals surface area contributed by atoms with E-state index in [1.807, 2.05) is 18.7 Å². The molecule has 1 fully saturated rings. The van der Waals surface area contributed by atoms with Gasteiger partial charge in [-0.1, -0.05) is 13.3 Å². The lowest BCUT2D eigenvalue weighted by molar-refractivity contribution is -0.499. The first-order valence-corrected chi connectivity index (χ1v) is 9.10. The van der Waals surface area contributed by atoms with E-state index >= 15 is 0 Å². The minimum absolute atomic E-state index is 0.269. The minimum Gasteiger partial charge on any atom is -0.350 e. The molecule has 1 saturated heterocycles. The Bertz CT molecular complexity index is 464. The SMILES string of the molecule is CCCC[C@]1(OC)OOC(C)(C)C[C@H]1CNCCCn1ccnc1. The van der Waals surface area contributed by atoms with Crippen molar-refractivity contribution in [2.75, 3.05) is 20.2 Å². The first kappa shape index (κ1) is 19.4. The number of hydrogen-bond donors (Lipinski definition) is 1. The van der Waals surface area contributed by atoms with Crippen LogP contribution >= 0.6 is 0 Å². The lowest BCUT2D eigenvalue weighted by Gasteiger charge is -2.47. The first-order valence-electron chi connectivity index (χ1n) is 9.10. The summed E-state index contributed by atoms with van der Waals surface area (Å²) in [6.45, 7) is 9.13. The van der Waals surface area contributed by atoms with Crippen molar-refractivity contribution in [3.8, 4) is 0 Å². The quantitative estimate of drug-likeness (QED) is 0.524. The highest BCUT2D eigenvalue weighted by molar-refractivity contribution is 4.88. The molecule has 138 valence electrons. The summed E-state index contributed by atoms with van der Waals surface area (Å²) in [4.78, 5) is 15.5. The van der Waals surface area contributed by atoms with Crippen molar-refractivity contribution in [3.63, 3.8) is 0 Å². The van der Waals surface area contributed by atoms with Crippen LogP contribution in [0, 0.1) is 5.92 Å². The molecule has 1 aromatic heterocycles. The molecule has 6 nitrogen and oxygen atoms in total. The lowest BCUT2D eigenvalue weighted by Crippen LogP contribution is -2.55. The van der Waals surface area contributed by atoms with Gasteiger partial charge in [0.2, 0.25) is 5.79 Å². The van der Waals surface area contributed by atoms with E-state index in [0.717, 1.165) is 51.7 Å². The molecule has 1 aliphatic rings. The van der Waals surface area contributed by atoms with E-state index in [0.29, 0.717) is 0 Å². The van der Waals surface area contributed by atoms with Crippen LogP contribution in [0.1, 0.15) is 52.9 Å². The molecule has 0 saturated carbocycles.